The molecule has 0 aromatic carbocycles. The molecule has 3 unspecified atom stereocenters. The molecular formula is C9H18O4. The van der Waals surface area contributed by atoms with Gasteiger partial charge >= 0.3 is 0 Å². The van der Waals surface area contributed by atoms with E-state index >= 15 is 0 Å². The Morgan fingerprint density at radius 1 is 1.46 bits per heavy atom. The van der Waals surface area contributed by atoms with Gasteiger partial charge in [0.05, 0.1) is 13.2 Å². The molecule has 13 heavy (non-hydrogen) atoms. The smallest absolute Gasteiger partial charge is 0.155 e. The van der Waals surface area contributed by atoms with Gasteiger partial charge in [-0.25, -0.2) is 0 Å². The van der Waals surface area contributed by atoms with E-state index in [9.17, 15) is 0 Å². The lowest BCUT2D eigenvalue weighted by Crippen LogP contribution is -2.23. The van der Waals surface area contributed by atoms with Crippen LogP contribution in [0.5, 0.6) is 0 Å². The van der Waals surface area contributed by atoms with Crippen LogP contribution >= 0.6 is 0 Å². The van der Waals surface area contributed by atoms with E-state index in [1.165, 1.54) is 0 Å². The lowest BCUT2D eigenvalue weighted by molar-refractivity contribution is -0.149. The monoisotopic (exact) mass is 190 g/mol. The van der Waals surface area contributed by atoms with Gasteiger partial charge in [0.2, 0.25) is 0 Å². The lowest BCUT2D eigenvalue weighted by Gasteiger charge is -2.15. The summed E-state index contributed by atoms with van der Waals surface area (Å²) in [4.78, 5) is 0. The molecule has 3 atom stereocenters. The first-order valence-corrected chi connectivity index (χ1v) is 4.72. The maximum Gasteiger partial charge on any atom is 0.155 e. The minimum Gasteiger partial charge on any atom is -0.353 e. The van der Waals surface area contributed by atoms with Crippen LogP contribution < -0.4 is 0 Å². The Labute approximate surface area is 79.1 Å². The fraction of sp³-hybridized carbons (Fsp3) is 1.00. The van der Waals surface area contributed by atoms with Crippen molar-refractivity contribution in [3.05, 3.63) is 0 Å². The average Bonchev–Trinajstić information content (AvgIpc) is 2.49. The fourth-order valence-electron chi connectivity index (χ4n) is 1.21. The van der Waals surface area contributed by atoms with E-state index in [1.54, 1.807) is 0 Å². The van der Waals surface area contributed by atoms with Crippen LogP contribution in [0.25, 0.3) is 0 Å². The molecule has 0 radical (unpaired) electrons. The summed E-state index contributed by atoms with van der Waals surface area (Å²) in [6.07, 6.45) is -0.210. The van der Waals surface area contributed by atoms with Crippen LogP contribution in [0.2, 0.25) is 0 Å². The molecule has 1 aliphatic heterocycles. The summed E-state index contributed by atoms with van der Waals surface area (Å²) in [5.41, 5.74) is 0. The molecule has 1 fully saturated rings. The number of ether oxygens (including phenoxy) is 4. The van der Waals surface area contributed by atoms with Crippen LogP contribution in [0.4, 0.5) is 0 Å². The molecule has 0 aromatic heterocycles. The van der Waals surface area contributed by atoms with Crippen LogP contribution in [0, 0.1) is 0 Å². The largest absolute Gasteiger partial charge is 0.353 e. The molecule has 0 aliphatic carbocycles. The summed E-state index contributed by atoms with van der Waals surface area (Å²) in [7, 11) is 0. The maximum atomic E-state index is 5.39. The van der Waals surface area contributed by atoms with E-state index in [0.29, 0.717) is 19.8 Å². The van der Waals surface area contributed by atoms with Crippen LogP contribution in [-0.4, -0.2) is 38.5 Å². The molecule has 0 aromatic rings. The van der Waals surface area contributed by atoms with Crippen molar-refractivity contribution in [2.75, 3.05) is 19.8 Å². The molecule has 4 heteroatoms. The molecule has 4 nitrogen and oxygen atoms in total. The summed E-state index contributed by atoms with van der Waals surface area (Å²) in [6, 6.07) is 0. The molecule has 0 spiro atoms. The third kappa shape index (κ3) is 4.04. The van der Waals surface area contributed by atoms with E-state index < -0.39 is 0 Å². The van der Waals surface area contributed by atoms with Crippen LogP contribution in [0.15, 0.2) is 0 Å². The van der Waals surface area contributed by atoms with Crippen molar-refractivity contribution in [3.63, 3.8) is 0 Å². The Bertz CT molecular complexity index is 140. The number of rotatable bonds is 5. The first-order chi connectivity index (χ1) is 6.22. The Morgan fingerprint density at radius 2 is 2.23 bits per heavy atom. The molecule has 0 N–H and O–H groups in total. The van der Waals surface area contributed by atoms with Crippen molar-refractivity contribution in [3.8, 4) is 0 Å². The molecule has 0 amide bonds. The normalized spacial score (nSPS) is 30.7. The summed E-state index contributed by atoms with van der Waals surface area (Å²) in [5, 5.41) is 0. The quantitative estimate of drug-likeness (QED) is 0.609. The highest BCUT2D eigenvalue weighted by molar-refractivity contribution is 4.61. The Morgan fingerprint density at radius 3 is 2.77 bits per heavy atom. The molecule has 78 valence electrons. The summed E-state index contributed by atoms with van der Waals surface area (Å²) < 4.78 is 21.2. The predicted octanol–water partition coefficient (Wildman–Crippen LogP) is 1.15. The van der Waals surface area contributed by atoms with Gasteiger partial charge < -0.3 is 18.9 Å². The number of hydrogen-bond donors (Lipinski definition) is 0. The third-order valence-corrected chi connectivity index (χ3v) is 1.82. The summed E-state index contributed by atoms with van der Waals surface area (Å²) in [5.74, 6) is 0. The van der Waals surface area contributed by atoms with Crippen molar-refractivity contribution in [1.82, 2.24) is 0 Å². The zero-order valence-electron chi connectivity index (χ0n) is 8.49. The van der Waals surface area contributed by atoms with Gasteiger partial charge in [-0.2, -0.15) is 0 Å². The van der Waals surface area contributed by atoms with E-state index in [2.05, 4.69) is 0 Å². The van der Waals surface area contributed by atoms with Crippen LogP contribution in [0.1, 0.15) is 20.8 Å². The predicted molar refractivity (Wildman–Crippen MR) is 47.3 cm³/mol. The first-order valence-electron chi connectivity index (χ1n) is 4.72. The van der Waals surface area contributed by atoms with Crippen LogP contribution in [0.3, 0.4) is 0 Å². The SMILES string of the molecule is CCOC(C)OCC1COC(C)O1. The van der Waals surface area contributed by atoms with Gasteiger partial charge in [-0.05, 0) is 20.8 Å². The van der Waals surface area contributed by atoms with Crippen molar-refractivity contribution in [2.24, 2.45) is 0 Å². The summed E-state index contributed by atoms with van der Waals surface area (Å²) in [6.45, 7) is 7.51. The van der Waals surface area contributed by atoms with Gasteiger partial charge in [-0.3, -0.25) is 0 Å². The summed E-state index contributed by atoms with van der Waals surface area (Å²) >= 11 is 0. The van der Waals surface area contributed by atoms with E-state index in [0.717, 1.165) is 0 Å². The highest BCUT2D eigenvalue weighted by atomic mass is 16.7. The Kier molecular flexibility index (Phi) is 4.66. The van der Waals surface area contributed by atoms with Crippen molar-refractivity contribution in [1.29, 1.82) is 0 Å². The topological polar surface area (TPSA) is 36.9 Å². The Balaban J connectivity index is 2.05. The molecular weight excluding hydrogens is 172 g/mol. The molecule has 0 bridgehead atoms. The van der Waals surface area contributed by atoms with Gasteiger partial charge in [0.25, 0.3) is 0 Å². The molecule has 1 rings (SSSR count). The second-order valence-corrected chi connectivity index (χ2v) is 3.02. The molecule has 1 aliphatic rings. The zero-order chi connectivity index (χ0) is 9.68. The zero-order valence-corrected chi connectivity index (χ0v) is 8.49. The maximum absolute atomic E-state index is 5.39. The van der Waals surface area contributed by atoms with Gasteiger partial charge in [0.1, 0.15) is 6.10 Å². The highest BCUT2D eigenvalue weighted by Gasteiger charge is 2.22. The van der Waals surface area contributed by atoms with Gasteiger partial charge in [-0.15, -0.1) is 0 Å². The van der Waals surface area contributed by atoms with Crippen molar-refractivity contribution in [2.45, 2.75) is 39.5 Å². The van der Waals surface area contributed by atoms with E-state index in [-0.39, 0.29) is 18.7 Å². The standard InChI is InChI=1S/C9H18O4/c1-4-10-7(2)11-5-9-6-12-8(3)13-9/h7-9H,4-6H2,1-3H3. The second kappa shape index (κ2) is 5.54. The molecule has 0 saturated carbocycles. The minimum atomic E-state index is -0.162. The van der Waals surface area contributed by atoms with E-state index in [1.807, 2.05) is 20.8 Å². The number of hydrogen-bond acceptors (Lipinski definition) is 4. The highest BCUT2D eigenvalue weighted by Crippen LogP contribution is 2.11. The molecule has 1 saturated heterocycles. The minimum absolute atomic E-state index is 0.0536. The second-order valence-electron chi connectivity index (χ2n) is 3.02. The molecule has 1 heterocycles. The third-order valence-electron chi connectivity index (χ3n) is 1.82. The van der Waals surface area contributed by atoms with Gasteiger partial charge in [-0.1, -0.05) is 0 Å². The van der Waals surface area contributed by atoms with Crippen LogP contribution in [-0.2, 0) is 18.9 Å². The van der Waals surface area contributed by atoms with E-state index in [4.69, 9.17) is 18.9 Å². The van der Waals surface area contributed by atoms with Gasteiger partial charge in [0, 0.05) is 6.61 Å². The van der Waals surface area contributed by atoms with Crippen molar-refractivity contribution < 1.29 is 18.9 Å². The van der Waals surface area contributed by atoms with Gasteiger partial charge in [0.15, 0.2) is 12.6 Å². The van der Waals surface area contributed by atoms with Crippen molar-refractivity contribution >= 4 is 0 Å². The first kappa shape index (κ1) is 10.9. The fourth-order valence-corrected chi connectivity index (χ4v) is 1.21. The average molecular weight is 190 g/mol. The Hall–Kier alpha value is -0.160. The lowest BCUT2D eigenvalue weighted by atomic mass is 10.4.